The van der Waals surface area contributed by atoms with E-state index in [0.717, 1.165) is 5.56 Å². The van der Waals surface area contributed by atoms with E-state index in [1.54, 1.807) is 6.92 Å². The zero-order chi connectivity index (χ0) is 11.1. The Morgan fingerprint density at radius 2 is 2.00 bits per heavy atom. The summed E-state index contributed by atoms with van der Waals surface area (Å²) >= 11 is 0. The molecule has 1 aromatic carbocycles. The molecule has 0 amide bonds. The molecule has 0 fully saturated rings. The molecule has 3 heteroatoms. The van der Waals surface area contributed by atoms with Crippen molar-refractivity contribution < 1.29 is 9.84 Å². The van der Waals surface area contributed by atoms with Crippen LogP contribution in [-0.2, 0) is 11.3 Å². The van der Waals surface area contributed by atoms with E-state index < -0.39 is 6.10 Å². The molecule has 0 radical (unpaired) electrons. The highest BCUT2D eigenvalue weighted by atomic mass is 16.5. The minimum Gasteiger partial charge on any atom is -0.392 e. The van der Waals surface area contributed by atoms with Crippen LogP contribution in [0.5, 0.6) is 0 Å². The maximum absolute atomic E-state index is 9.16. The molecule has 0 unspecified atom stereocenters. The van der Waals surface area contributed by atoms with E-state index in [9.17, 15) is 0 Å². The van der Waals surface area contributed by atoms with Crippen molar-refractivity contribution in [2.75, 3.05) is 6.61 Å². The van der Waals surface area contributed by atoms with Gasteiger partial charge in [0, 0.05) is 12.6 Å². The molecule has 1 rings (SSSR count). The first kappa shape index (κ1) is 12.2. The average molecular weight is 209 g/mol. The van der Waals surface area contributed by atoms with Crippen molar-refractivity contribution in [2.45, 2.75) is 32.1 Å². The Kier molecular flexibility index (Phi) is 5.32. The summed E-state index contributed by atoms with van der Waals surface area (Å²) in [6.45, 7) is 2.89. The average Bonchev–Trinajstić information content (AvgIpc) is 2.25. The van der Waals surface area contributed by atoms with Crippen molar-refractivity contribution in [3.05, 3.63) is 35.9 Å². The molecule has 0 aliphatic rings. The zero-order valence-electron chi connectivity index (χ0n) is 9.10. The van der Waals surface area contributed by atoms with Crippen LogP contribution in [0.2, 0.25) is 0 Å². The number of aliphatic hydroxyl groups excluding tert-OH is 1. The van der Waals surface area contributed by atoms with Crippen molar-refractivity contribution in [3.63, 3.8) is 0 Å². The maximum Gasteiger partial charge on any atom is 0.0716 e. The molecule has 84 valence electrons. The van der Waals surface area contributed by atoms with Crippen molar-refractivity contribution >= 4 is 0 Å². The van der Waals surface area contributed by atoms with E-state index in [0.29, 0.717) is 19.6 Å². The van der Waals surface area contributed by atoms with E-state index >= 15 is 0 Å². The number of hydrogen-bond donors (Lipinski definition) is 2. The Balaban J connectivity index is 2.12. The van der Waals surface area contributed by atoms with Gasteiger partial charge in [-0.3, -0.25) is 0 Å². The van der Waals surface area contributed by atoms with E-state index in [1.807, 2.05) is 30.3 Å². The van der Waals surface area contributed by atoms with Gasteiger partial charge in [-0.2, -0.15) is 0 Å². The number of nitrogens with two attached hydrogens (primary N) is 1. The van der Waals surface area contributed by atoms with Crippen LogP contribution in [0.15, 0.2) is 30.3 Å². The van der Waals surface area contributed by atoms with Gasteiger partial charge in [0.15, 0.2) is 0 Å². The molecule has 0 aliphatic heterocycles. The Labute approximate surface area is 90.9 Å². The minimum atomic E-state index is -0.467. The van der Waals surface area contributed by atoms with E-state index in [-0.39, 0.29) is 6.04 Å². The fourth-order valence-electron chi connectivity index (χ4n) is 1.22. The summed E-state index contributed by atoms with van der Waals surface area (Å²) in [5.41, 5.74) is 6.82. The summed E-state index contributed by atoms with van der Waals surface area (Å²) in [6, 6.07) is 9.80. The van der Waals surface area contributed by atoms with Crippen LogP contribution in [0.4, 0.5) is 0 Å². The van der Waals surface area contributed by atoms with Crippen LogP contribution in [0.25, 0.3) is 0 Å². The lowest BCUT2D eigenvalue weighted by atomic mass is 10.1. The monoisotopic (exact) mass is 209 g/mol. The molecule has 0 saturated carbocycles. The summed E-state index contributed by atoms with van der Waals surface area (Å²) in [5, 5.41) is 9.16. The lowest BCUT2D eigenvalue weighted by Crippen LogP contribution is -2.33. The Bertz CT molecular complexity index is 262. The van der Waals surface area contributed by atoms with Gasteiger partial charge in [0.25, 0.3) is 0 Å². The van der Waals surface area contributed by atoms with E-state index in [1.165, 1.54) is 0 Å². The highest BCUT2D eigenvalue weighted by Crippen LogP contribution is 2.02. The Hall–Kier alpha value is -0.900. The van der Waals surface area contributed by atoms with Gasteiger partial charge in [-0.1, -0.05) is 30.3 Å². The zero-order valence-corrected chi connectivity index (χ0v) is 9.10. The molecule has 2 atom stereocenters. The molecule has 0 spiro atoms. The lowest BCUT2D eigenvalue weighted by Gasteiger charge is -2.14. The third-order valence-corrected chi connectivity index (χ3v) is 2.33. The molecule has 0 saturated heterocycles. The molecular formula is C12H19NO2. The number of hydrogen-bond acceptors (Lipinski definition) is 3. The molecular weight excluding hydrogens is 190 g/mol. The predicted octanol–water partition coefficient (Wildman–Crippen LogP) is 1.30. The van der Waals surface area contributed by atoms with Gasteiger partial charge in [0.1, 0.15) is 0 Å². The summed E-state index contributed by atoms with van der Waals surface area (Å²) in [4.78, 5) is 0. The molecule has 3 N–H and O–H groups in total. The highest BCUT2D eigenvalue weighted by molar-refractivity contribution is 5.13. The largest absolute Gasteiger partial charge is 0.392 e. The summed E-state index contributed by atoms with van der Waals surface area (Å²) < 4.78 is 5.45. The van der Waals surface area contributed by atoms with E-state index in [2.05, 4.69) is 0 Å². The fraction of sp³-hybridized carbons (Fsp3) is 0.500. The number of rotatable bonds is 6. The number of benzene rings is 1. The quantitative estimate of drug-likeness (QED) is 0.694. The van der Waals surface area contributed by atoms with Crippen molar-refractivity contribution in [1.29, 1.82) is 0 Å². The first-order valence-electron chi connectivity index (χ1n) is 5.25. The van der Waals surface area contributed by atoms with Crippen molar-refractivity contribution in [2.24, 2.45) is 5.73 Å². The van der Waals surface area contributed by atoms with Crippen molar-refractivity contribution in [3.8, 4) is 0 Å². The highest BCUT2D eigenvalue weighted by Gasteiger charge is 2.08. The lowest BCUT2D eigenvalue weighted by molar-refractivity contribution is 0.0913. The minimum absolute atomic E-state index is 0.194. The molecule has 1 aromatic rings. The SMILES string of the molecule is C[C@H](O)[C@@H](N)CCOCc1ccccc1. The number of ether oxygens (including phenoxy) is 1. The first-order chi connectivity index (χ1) is 7.20. The second-order valence-corrected chi connectivity index (χ2v) is 3.73. The van der Waals surface area contributed by atoms with Gasteiger partial charge in [0.2, 0.25) is 0 Å². The molecule has 0 bridgehead atoms. The van der Waals surface area contributed by atoms with Gasteiger partial charge in [-0.25, -0.2) is 0 Å². The number of aliphatic hydroxyl groups is 1. The van der Waals surface area contributed by atoms with Crippen LogP contribution < -0.4 is 5.73 Å². The third-order valence-electron chi connectivity index (χ3n) is 2.33. The van der Waals surface area contributed by atoms with Gasteiger partial charge in [-0.15, -0.1) is 0 Å². The molecule has 3 nitrogen and oxygen atoms in total. The van der Waals surface area contributed by atoms with Crippen molar-refractivity contribution in [1.82, 2.24) is 0 Å². The summed E-state index contributed by atoms with van der Waals surface area (Å²) in [6.07, 6.45) is 0.218. The molecule has 0 heterocycles. The summed E-state index contributed by atoms with van der Waals surface area (Å²) in [7, 11) is 0. The van der Waals surface area contributed by atoms with Gasteiger partial charge in [-0.05, 0) is 18.9 Å². The standard InChI is InChI=1S/C12H19NO2/c1-10(14)12(13)7-8-15-9-11-5-3-2-4-6-11/h2-6,10,12,14H,7-9,13H2,1H3/t10-,12-/m0/s1. The Morgan fingerprint density at radius 3 is 2.60 bits per heavy atom. The third kappa shape index (κ3) is 4.93. The first-order valence-corrected chi connectivity index (χ1v) is 5.25. The van der Waals surface area contributed by atoms with Crippen LogP contribution in [-0.4, -0.2) is 23.9 Å². The smallest absolute Gasteiger partial charge is 0.0716 e. The van der Waals surface area contributed by atoms with Crippen LogP contribution in [0.3, 0.4) is 0 Å². The normalized spacial score (nSPS) is 14.9. The fourth-order valence-corrected chi connectivity index (χ4v) is 1.22. The van der Waals surface area contributed by atoms with Crippen LogP contribution in [0, 0.1) is 0 Å². The second kappa shape index (κ2) is 6.56. The van der Waals surface area contributed by atoms with Gasteiger partial charge >= 0.3 is 0 Å². The summed E-state index contributed by atoms with van der Waals surface area (Å²) in [5.74, 6) is 0. The Morgan fingerprint density at radius 1 is 1.33 bits per heavy atom. The molecule has 0 aromatic heterocycles. The van der Waals surface area contributed by atoms with Gasteiger partial charge in [0.05, 0.1) is 12.7 Å². The topological polar surface area (TPSA) is 55.5 Å². The molecule has 0 aliphatic carbocycles. The maximum atomic E-state index is 9.16. The van der Waals surface area contributed by atoms with E-state index in [4.69, 9.17) is 15.6 Å². The van der Waals surface area contributed by atoms with Gasteiger partial charge < -0.3 is 15.6 Å². The second-order valence-electron chi connectivity index (χ2n) is 3.73. The molecule has 15 heavy (non-hydrogen) atoms. The van der Waals surface area contributed by atoms with Crippen LogP contribution >= 0.6 is 0 Å². The predicted molar refractivity (Wildman–Crippen MR) is 60.4 cm³/mol. The van der Waals surface area contributed by atoms with Crippen LogP contribution in [0.1, 0.15) is 18.9 Å².